The van der Waals surface area contributed by atoms with E-state index in [9.17, 15) is 19.7 Å². The SMILES string of the molecule is CC(C)(C)OC(=O)NCCCCCNC(=O)CSc1ccc([N+](=O)[O-])cc1. The summed E-state index contributed by atoms with van der Waals surface area (Å²) in [5, 5.41) is 16.1. The second-order valence-corrected chi connectivity index (χ2v) is 7.93. The number of benzene rings is 1. The fraction of sp³-hybridized carbons (Fsp3) is 0.556. The highest BCUT2D eigenvalue weighted by Crippen LogP contribution is 2.21. The topological polar surface area (TPSA) is 111 Å². The van der Waals surface area contributed by atoms with Crippen LogP contribution in [0.2, 0.25) is 0 Å². The number of ether oxygens (including phenoxy) is 1. The number of hydrogen-bond donors (Lipinski definition) is 2. The molecule has 0 saturated heterocycles. The molecule has 8 nitrogen and oxygen atoms in total. The van der Waals surface area contributed by atoms with Gasteiger partial charge in [-0.15, -0.1) is 11.8 Å². The van der Waals surface area contributed by atoms with Crippen LogP contribution in [0, 0.1) is 10.1 Å². The van der Waals surface area contributed by atoms with E-state index in [0.29, 0.717) is 13.1 Å². The molecule has 0 atom stereocenters. The molecule has 0 radical (unpaired) electrons. The first-order valence-electron chi connectivity index (χ1n) is 8.78. The Morgan fingerprint density at radius 3 is 2.22 bits per heavy atom. The van der Waals surface area contributed by atoms with E-state index >= 15 is 0 Å². The second-order valence-electron chi connectivity index (χ2n) is 6.88. The molecule has 150 valence electrons. The lowest BCUT2D eigenvalue weighted by atomic mass is 10.2. The van der Waals surface area contributed by atoms with Crippen LogP contribution in [0.3, 0.4) is 0 Å². The Hall–Kier alpha value is -2.29. The number of nitro benzene ring substituents is 1. The van der Waals surface area contributed by atoms with Crippen LogP contribution in [0.4, 0.5) is 10.5 Å². The number of carbonyl (C=O) groups is 2. The number of alkyl carbamates (subject to hydrolysis) is 1. The first-order chi connectivity index (χ1) is 12.7. The van der Waals surface area contributed by atoms with E-state index in [1.165, 1.54) is 23.9 Å². The molecule has 1 aromatic rings. The van der Waals surface area contributed by atoms with E-state index in [4.69, 9.17) is 4.74 Å². The van der Waals surface area contributed by atoms with Crippen LogP contribution < -0.4 is 10.6 Å². The third-order valence-electron chi connectivity index (χ3n) is 3.26. The maximum atomic E-state index is 11.8. The Kier molecular flexibility index (Phi) is 9.63. The van der Waals surface area contributed by atoms with Crippen LogP contribution in [0.15, 0.2) is 29.2 Å². The van der Waals surface area contributed by atoms with Crippen molar-refractivity contribution in [2.75, 3.05) is 18.8 Å². The molecule has 0 aliphatic rings. The average molecular weight is 397 g/mol. The molecule has 0 aliphatic heterocycles. The van der Waals surface area contributed by atoms with Gasteiger partial charge in [-0.1, -0.05) is 0 Å². The molecule has 0 aromatic heterocycles. The van der Waals surface area contributed by atoms with Gasteiger partial charge in [0, 0.05) is 30.1 Å². The molecule has 2 N–H and O–H groups in total. The van der Waals surface area contributed by atoms with Gasteiger partial charge in [-0.3, -0.25) is 14.9 Å². The number of hydrogen-bond acceptors (Lipinski definition) is 6. The normalized spacial score (nSPS) is 10.9. The molecule has 0 spiro atoms. The van der Waals surface area contributed by atoms with Crippen molar-refractivity contribution >= 4 is 29.4 Å². The first-order valence-corrected chi connectivity index (χ1v) is 9.77. The number of unbranched alkanes of at least 4 members (excludes halogenated alkanes) is 2. The highest BCUT2D eigenvalue weighted by atomic mass is 32.2. The third-order valence-corrected chi connectivity index (χ3v) is 4.27. The zero-order valence-corrected chi connectivity index (χ0v) is 16.8. The maximum absolute atomic E-state index is 11.8. The van der Waals surface area contributed by atoms with Gasteiger partial charge in [-0.2, -0.15) is 0 Å². The maximum Gasteiger partial charge on any atom is 0.407 e. The van der Waals surface area contributed by atoms with Crippen molar-refractivity contribution in [2.24, 2.45) is 0 Å². The number of carbonyl (C=O) groups excluding carboxylic acids is 2. The first kappa shape index (κ1) is 22.8. The van der Waals surface area contributed by atoms with Crippen molar-refractivity contribution in [1.82, 2.24) is 10.6 Å². The van der Waals surface area contributed by atoms with E-state index < -0.39 is 16.6 Å². The Morgan fingerprint density at radius 1 is 1.07 bits per heavy atom. The Balaban J connectivity index is 2.05. The molecule has 27 heavy (non-hydrogen) atoms. The zero-order valence-electron chi connectivity index (χ0n) is 15.9. The van der Waals surface area contributed by atoms with E-state index in [0.717, 1.165) is 24.2 Å². The quantitative estimate of drug-likeness (QED) is 0.271. The average Bonchev–Trinajstić information content (AvgIpc) is 2.58. The molecule has 0 aliphatic carbocycles. The van der Waals surface area contributed by atoms with Crippen LogP contribution in [0.25, 0.3) is 0 Å². The van der Waals surface area contributed by atoms with Crippen molar-refractivity contribution < 1.29 is 19.2 Å². The summed E-state index contributed by atoms with van der Waals surface area (Å²) in [4.78, 5) is 34.2. The van der Waals surface area contributed by atoms with Gasteiger partial charge in [0.25, 0.3) is 5.69 Å². The summed E-state index contributed by atoms with van der Waals surface area (Å²) in [6.45, 7) is 6.56. The second kappa shape index (κ2) is 11.4. The summed E-state index contributed by atoms with van der Waals surface area (Å²) in [6.07, 6.45) is 2.10. The number of thioether (sulfide) groups is 1. The van der Waals surface area contributed by atoms with Crippen molar-refractivity contribution in [1.29, 1.82) is 0 Å². The van der Waals surface area contributed by atoms with Crippen molar-refractivity contribution in [3.63, 3.8) is 0 Å². The van der Waals surface area contributed by atoms with Gasteiger partial charge in [0.15, 0.2) is 0 Å². The largest absolute Gasteiger partial charge is 0.444 e. The summed E-state index contributed by atoms with van der Waals surface area (Å²) < 4.78 is 5.14. The Morgan fingerprint density at radius 2 is 1.67 bits per heavy atom. The number of amides is 2. The molecule has 0 saturated carbocycles. The van der Waals surface area contributed by atoms with Gasteiger partial charge in [-0.05, 0) is 52.2 Å². The van der Waals surface area contributed by atoms with Crippen molar-refractivity contribution in [3.8, 4) is 0 Å². The molecule has 0 bridgehead atoms. The fourth-order valence-corrected chi connectivity index (χ4v) is 2.75. The highest BCUT2D eigenvalue weighted by Gasteiger charge is 2.15. The summed E-state index contributed by atoms with van der Waals surface area (Å²) in [6, 6.07) is 6.11. The van der Waals surface area contributed by atoms with Crippen LogP contribution in [0.1, 0.15) is 40.0 Å². The molecule has 2 amide bonds. The third kappa shape index (κ3) is 11.1. The van der Waals surface area contributed by atoms with Gasteiger partial charge in [0.2, 0.25) is 5.91 Å². The summed E-state index contributed by atoms with van der Waals surface area (Å²) in [7, 11) is 0. The zero-order chi connectivity index (χ0) is 20.3. The van der Waals surface area contributed by atoms with Gasteiger partial charge in [-0.25, -0.2) is 4.79 Å². The van der Waals surface area contributed by atoms with E-state index in [1.807, 2.05) is 20.8 Å². The number of nitrogens with zero attached hydrogens (tertiary/aromatic N) is 1. The minimum absolute atomic E-state index is 0.0324. The van der Waals surface area contributed by atoms with Gasteiger partial charge >= 0.3 is 6.09 Å². The van der Waals surface area contributed by atoms with E-state index in [1.54, 1.807) is 12.1 Å². The van der Waals surface area contributed by atoms with Crippen molar-refractivity contribution in [2.45, 2.75) is 50.5 Å². The lowest BCUT2D eigenvalue weighted by Crippen LogP contribution is -2.33. The predicted octanol–water partition coefficient (Wildman–Crippen LogP) is 3.50. The predicted molar refractivity (Wildman–Crippen MR) is 105 cm³/mol. The van der Waals surface area contributed by atoms with Crippen LogP contribution in [-0.2, 0) is 9.53 Å². The lowest BCUT2D eigenvalue weighted by molar-refractivity contribution is -0.384. The van der Waals surface area contributed by atoms with Crippen molar-refractivity contribution in [3.05, 3.63) is 34.4 Å². The fourth-order valence-electron chi connectivity index (χ4n) is 2.02. The smallest absolute Gasteiger partial charge is 0.407 e. The molecule has 0 fully saturated rings. The van der Waals surface area contributed by atoms with Gasteiger partial charge in [0.05, 0.1) is 10.7 Å². The summed E-state index contributed by atoms with van der Waals surface area (Å²) >= 11 is 1.33. The minimum atomic E-state index is -0.499. The highest BCUT2D eigenvalue weighted by molar-refractivity contribution is 8.00. The van der Waals surface area contributed by atoms with Crippen LogP contribution in [-0.4, -0.2) is 41.4 Å². The van der Waals surface area contributed by atoms with E-state index in [2.05, 4.69) is 10.6 Å². The van der Waals surface area contributed by atoms with E-state index in [-0.39, 0.29) is 17.3 Å². The van der Waals surface area contributed by atoms with Crippen LogP contribution in [0.5, 0.6) is 0 Å². The number of nitro groups is 1. The van der Waals surface area contributed by atoms with Gasteiger partial charge in [0.1, 0.15) is 5.60 Å². The molecule has 0 heterocycles. The molecule has 1 rings (SSSR count). The summed E-state index contributed by atoms with van der Waals surface area (Å²) in [5.74, 6) is 0.183. The van der Waals surface area contributed by atoms with Gasteiger partial charge < -0.3 is 15.4 Å². The number of rotatable bonds is 10. The molecular formula is C18H27N3O5S. The molecule has 0 unspecified atom stereocenters. The number of non-ortho nitro benzene ring substituents is 1. The van der Waals surface area contributed by atoms with Crippen LogP contribution >= 0.6 is 11.8 Å². The minimum Gasteiger partial charge on any atom is -0.444 e. The molecular weight excluding hydrogens is 370 g/mol. The Bertz CT molecular complexity index is 629. The monoisotopic (exact) mass is 397 g/mol. The standard InChI is InChI=1S/C18H27N3O5S/c1-18(2,3)26-17(23)20-12-6-4-5-11-19-16(22)13-27-15-9-7-14(8-10-15)21(24)25/h7-10H,4-6,11-13H2,1-3H3,(H,19,22)(H,20,23). The molecule has 9 heteroatoms. The summed E-state index contributed by atoms with van der Waals surface area (Å²) in [5.41, 5.74) is -0.467. The Labute approximate surface area is 163 Å². The lowest BCUT2D eigenvalue weighted by Gasteiger charge is -2.19. The number of nitrogens with one attached hydrogen (secondary N) is 2. The molecule has 1 aromatic carbocycles.